The van der Waals surface area contributed by atoms with Gasteiger partial charge in [-0.15, -0.1) is 0 Å². The zero-order valence-corrected chi connectivity index (χ0v) is 22.0. The molecular weight excluding hydrogens is 488 g/mol. The molecule has 1 amide bonds. The number of ether oxygens (including phenoxy) is 1. The monoisotopic (exact) mass is 518 g/mol. The molecule has 0 bridgehead atoms. The normalized spacial score (nSPS) is 16.7. The van der Waals surface area contributed by atoms with Crippen molar-refractivity contribution in [2.24, 2.45) is 0 Å². The molecule has 2 aromatic heterocycles. The summed E-state index contributed by atoms with van der Waals surface area (Å²) in [5.41, 5.74) is 5.38. The number of aryl methyl sites for hydroxylation is 2. The van der Waals surface area contributed by atoms with Crippen LogP contribution in [0.2, 0.25) is 0 Å². The summed E-state index contributed by atoms with van der Waals surface area (Å²) in [7, 11) is -1.49. The predicted octanol–water partition coefficient (Wildman–Crippen LogP) is 4.06. The van der Waals surface area contributed by atoms with Gasteiger partial charge in [-0.3, -0.25) is 4.79 Å². The molecule has 8 nitrogen and oxygen atoms in total. The van der Waals surface area contributed by atoms with Crippen LogP contribution >= 0.6 is 0 Å². The number of pyridine rings is 1. The number of nitrogens with zero attached hydrogens (tertiary/aromatic N) is 3. The molecule has 0 spiro atoms. The average Bonchev–Trinajstić information content (AvgIpc) is 3.42. The quantitative estimate of drug-likeness (QED) is 0.396. The Morgan fingerprint density at radius 1 is 1.14 bits per heavy atom. The van der Waals surface area contributed by atoms with Crippen molar-refractivity contribution in [2.75, 3.05) is 25.2 Å². The number of amides is 1. The molecule has 3 heterocycles. The van der Waals surface area contributed by atoms with Crippen LogP contribution in [0.25, 0.3) is 22.3 Å². The number of methoxy groups -OCH3 is 1. The van der Waals surface area contributed by atoms with Gasteiger partial charge in [-0.1, -0.05) is 42.0 Å². The van der Waals surface area contributed by atoms with Gasteiger partial charge in [-0.05, 0) is 50.5 Å². The summed E-state index contributed by atoms with van der Waals surface area (Å²) in [5.74, 6) is 0.722. The smallest absolute Gasteiger partial charge is 0.252 e. The molecule has 37 heavy (non-hydrogen) atoms. The lowest BCUT2D eigenvalue weighted by molar-refractivity contribution is 0.0955. The van der Waals surface area contributed by atoms with Crippen LogP contribution in [0.15, 0.2) is 54.6 Å². The third kappa shape index (κ3) is 5.22. The van der Waals surface area contributed by atoms with Gasteiger partial charge in [0.15, 0.2) is 15.5 Å². The first-order valence-corrected chi connectivity index (χ1v) is 14.1. The van der Waals surface area contributed by atoms with Crippen LogP contribution in [0.1, 0.15) is 39.6 Å². The Morgan fingerprint density at radius 3 is 2.62 bits per heavy atom. The number of aromatic nitrogens is 3. The van der Waals surface area contributed by atoms with Gasteiger partial charge in [0.1, 0.15) is 5.75 Å². The summed E-state index contributed by atoms with van der Waals surface area (Å²) < 4.78 is 31.4. The van der Waals surface area contributed by atoms with Crippen molar-refractivity contribution < 1.29 is 17.9 Å². The van der Waals surface area contributed by atoms with Crippen molar-refractivity contribution in [3.63, 3.8) is 0 Å². The van der Waals surface area contributed by atoms with E-state index in [-0.39, 0.29) is 23.5 Å². The van der Waals surface area contributed by atoms with Crippen molar-refractivity contribution in [3.8, 4) is 17.0 Å². The summed E-state index contributed by atoms with van der Waals surface area (Å²) >= 11 is 0. The van der Waals surface area contributed by atoms with E-state index < -0.39 is 9.84 Å². The van der Waals surface area contributed by atoms with Crippen LogP contribution in [0.4, 0.5) is 0 Å². The minimum Gasteiger partial charge on any atom is -0.497 e. The second-order valence-corrected chi connectivity index (χ2v) is 11.8. The summed E-state index contributed by atoms with van der Waals surface area (Å²) in [6.07, 6.45) is 1.14. The number of nitrogens with one attached hydrogen (secondary N) is 1. The number of hydrogen-bond acceptors (Lipinski definition) is 6. The average molecular weight is 519 g/mol. The highest BCUT2D eigenvalue weighted by Gasteiger charge is 2.32. The number of hydrogen-bond donors (Lipinski definition) is 1. The van der Waals surface area contributed by atoms with Crippen LogP contribution < -0.4 is 10.1 Å². The van der Waals surface area contributed by atoms with Crippen LogP contribution in [-0.4, -0.2) is 54.2 Å². The van der Waals surface area contributed by atoms with Crippen LogP contribution in [0.3, 0.4) is 0 Å². The molecule has 1 unspecified atom stereocenters. The third-order valence-corrected chi connectivity index (χ3v) is 8.57. The number of sulfone groups is 1. The van der Waals surface area contributed by atoms with Gasteiger partial charge in [0, 0.05) is 12.1 Å². The molecule has 1 aliphatic rings. The molecule has 1 aliphatic heterocycles. The molecule has 0 saturated carbocycles. The fraction of sp³-hybridized carbons (Fsp3) is 0.321. The van der Waals surface area contributed by atoms with E-state index in [4.69, 9.17) is 9.72 Å². The second kappa shape index (κ2) is 9.97. The summed E-state index contributed by atoms with van der Waals surface area (Å²) in [6, 6.07) is 17.2. The topological polar surface area (TPSA) is 103 Å². The molecule has 2 aromatic carbocycles. The van der Waals surface area contributed by atoms with Gasteiger partial charge >= 0.3 is 0 Å². The first-order chi connectivity index (χ1) is 17.7. The Bertz CT molecular complexity index is 1580. The minimum absolute atomic E-state index is 0.0295. The second-order valence-electron chi connectivity index (χ2n) is 9.56. The van der Waals surface area contributed by atoms with E-state index in [0.29, 0.717) is 47.4 Å². The largest absolute Gasteiger partial charge is 0.497 e. The van der Waals surface area contributed by atoms with Gasteiger partial charge in [-0.2, -0.15) is 5.10 Å². The van der Waals surface area contributed by atoms with E-state index in [1.54, 1.807) is 17.9 Å². The number of fused-ring (bicyclic) bond motifs is 1. The first kappa shape index (κ1) is 25.0. The Kier molecular flexibility index (Phi) is 6.72. The number of benzene rings is 2. The lowest BCUT2D eigenvalue weighted by Gasteiger charge is -2.13. The first-order valence-electron chi connectivity index (χ1n) is 12.3. The predicted molar refractivity (Wildman–Crippen MR) is 144 cm³/mol. The maximum atomic E-state index is 13.5. The van der Waals surface area contributed by atoms with E-state index >= 15 is 0 Å². The molecule has 1 fully saturated rings. The van der Waals surface area contributed by atoms with Crippen LogP contribution in [-0.2, 0) is 16.3 Å². The molecule has 0 radical (unpaired) electrons. The van der Waals surface area contributed by atoms with Gasteiger partial charge in [0.2, 0.25) is 0 Å². The van der Waals surface area contributed by atoms with Crippen LogP contribution in [0.5, 0.6) is 5.75 Å². The zero-order valence-electron chi connectivity index (χ0n) is 21.2. The van der Waals surface area contributed by atoms with Crippen molar-refractivity contribution in [1.82, 2.24) is 20.1 Å². The SMILES string of the molecule is COc1cccc(CCNC(=O)c2cc(-c3ccc(C)cc3)nc3c2c(C)nn3C2CCS(=O)(=O)C2)c1. The van der Waals surface area contributed by atoms with E-state index in [0.717, 1.165) is 22.4 Å². The number of carbonyl (C=O) groups excluding carboxylic acids is 1. The minimum atomic E-state index is -3.12. The molecule has 9 heteroatoms. The van der Waals surface area contributed by atoms with Gasteiger partial charge < -0.3 is 10.1 Å². The van der Waals surface area contributed by atoms with Gasteiger partial charge in [0.25, 0.3) is 5.91 Å². The van der Waals surface area contributed by atoms with Crippen molar-refractivity contribution >= 4 is 26.8 Å². The Hall–Kier alpha value is -3.72. The Labute approximate surface area is 216 Å². The Morgan fingerprint density at radius 2 is 1.92 bits per heavy atom. The van der Waals surface area contributed by atoms with E-state index in [9.17, 15) is 13.2 Å². The van der Waals surface area contributed by atoms with Gasteiger partial charge in [0.05, 0.1) is 47.0 Å². The van der Waals surface area contributed by atoms with Crippen molar-refractivity contribution in [3.05, 3.63) is 77.0 Å². The molecule has 1 N–H and O–H groups in total. The highest BCUT2D eigenvalue weighted by atomic mass is 32.2. The summed E-state index contributed by atoms with van der Waals surface area (Å²) in [4.78, 5) is 18.4. The van der Waals surface area contributed by atoms with E-state index in [1.165, 1.54) is 0 Å². The molecule has 0 aliphatic carbocycles. The standard InChI is InChI=1S/C28H30N4O4S/c1-18-7-9-21(10-8-18)25-16-24(28(33)29-13-11-20-5-4-6-23(15-20)36-3)26-19(2)31-32(27(26)30-25)22-12-14-37(34,35)17-22/h4-10,15-16,22H,11-14,17H2,1-3H3,(H,29,33). The van der Waals surface area contributed by atoms with Crippen LogP contribution in [0, 0.1) is 13.8 Å². The summed E-state index contributed by atoms with van der Waals surface area (Å²) in [5, 5.41) is 8.37. The highest BCUT2D eigenvalue weighted by molar-refractivity contribution is 7.91. The molecule has 192 valence electrons. The van der Waals surface area contributed by atoms with Crippen molar-refractivity contribution in [2.45, 2.75) is 32.7 Å². The molecule has 1 saturated heterocycles. The highest BCUT2D eigenvalue weighted by Crippen LogP contribution is 2.32. The summed E-state index contributed by atoms with van der Waals surface area (Å²) in [6.45, 7) is 4.30. The van der Waals surface area contributed by atoms with E-state index in [2.05, 4.69) is 10.4 Å². The lowest BCUT2D eigenvalue weighted by atomic mass is 10.0. The Balaban J connectivity index is 1.52. The maximum absolute atomic E-state index is 13.5. The molecular formula is C28H30N4O4S. The maximum Gasteiger partial charge on any atom is 0.252 e. The zero-order chi connectivity index (χ0) is 26.2. The number of carbonyl (C=O) groups is 1. The molecule has 5 rings (SSSR count). The lowest BCUT2D eigenvalue weighted by Crippen LogP contribution is -2.26. The van der Waals surface area contributed by atoms with Crippen molar-refractivity contribution in [1.29, 1.82) is 0 Å². The number of rotatable bonds is 7. The van der Waals surface area contributed by atoms with Gasteiger partial charge in [-0.25, -0.2) is 18.1 Å². The third-order valence-electron chi connectivity index (χ3n) is 6.82. The fourth-order valence-corrected chi connectivity index (χ4v) is 6.52. The molecule has 1 atom stereocenters. The molecule has 4 aromatic rings. The fourth-order valence-electron chi connectivity index (χ4n) is 4.83. The van der Waals surface area contributed by atoms with E-state index in [1.807, 2.05) is 62.4 Å².